The van der Waals surface area contributed by atoms with Gasteiger partial charge in [0.2, 0.25) is 0 Å². The molecule has 0 saturated heterocycles. The molecule has 0 bridgehead atoms. The van der Waals surface area contributed by atoms with Crippen molar-refractivity contribution in [1.29, 1.82) is 0 Å². The third-order valence-electron chi connectivity index (χ3n) is 0. The SMILES string of the molecule is [F][Zr-2]([F])([F])([F])([F])[F].[F][Zr-2]([F])([F])([F])([F])[F].[Zr+4]. The minimum absolute atomic E-state index is 0. The van der Waals surface area contributed by atoms with Crippen LogP contribution in [0.4, 0.5) is 31.5 Å². The normalized spacial score (nSPS) is 21.6. The summed E-state index contributed by atoms with van der Waals surface area (Å²) in [6, 6.07) is 0. The van der Waals surface area contributed by atoms with Gasteiger partial charge in [-0.15, -0.1) is 0 Å². The molecule has 0 rings (SSSR count). The van der Waals surface area contributed by atoms with E-state index < -0.39 is 41.9 Å². The second kappa shape index (κ2) is 3.43. The minimum atomic E-state index is -11.3. The van der Waals surface area contributed by atoms with Gasteiger partial charge in [0.25, 0.3) is 0 Å². The Morgan fingerprint density at radius 3 is 0.333 bits per heavy atom. The molecular weight excluding hydrogens is 502 g/mol. The van der Waals surface area contributed by atoms with Gasteiger partial charge in [-0.2, -0.15) is 0 Å². The molecule has 0 aliphatic carbocycles. The van der Waals surface area contributed by atoms with E-state index in [0.29, 0.717) is 0 Å². The van der Waals surface area contributed by atoms with E-state index in [0.717, 1.165) is 0 Å². The minimum Gasteiger partial charge on any atom is 4.00 e. The van der Waals surface area contributed by atoms with E-state index in [1.807, 2.05) is 0 Å². The third kappa shape index (κ3) is 921. The summed E-state index contributed by atoms with van der Waals surface area (Å²) < 4.78 is 119. The van der Waals surface area contributed by atoms with Crippen molar-refractivity contribution < 1.29 is 99.6 Å². The van der Waals surface area contributed by atoms with E-state index in [4.69, 9.17) is 0 Å². The van der Waals surface area contributed by atoms with Crippen LogP contribution in [0, 0.1) is 0 Å². The molecule has 15 heavy (non-hydrogen) atoms. The van der Waals surface area contributed by atoms with Gasteiger partial charge < -0.3 is 0 Å². The Balaban J connectivity index is -0.000000180. The molecule has 0 saturated carbocycles. The number of hydrogen-bond acceptors (Lipinski definition) is 0. The van der Waals surface area contributed by atoms with Crippen molar-refractivity contribution in [2.24, 2.45) is 0 Å². The van der Waals surface area contributed by atoms with Gasteiger partial charge in [0.15, 0.2) is 0 Å². The molecule has 0 amide bonds. The fourth-order valence-corrected chi connectivity index (χ4v) is 0. The first-order valence-electron chi connectivity index (χ1n) is 2.27. The molecule has 0 nitrogen and oxygen atoms in total. The van der Waals surface area contributed by atoms with Gasteiger partial charge in [-0.3, -0.25) is 0 Å². The maximum Gasteiger partial charge on any atom is 4.00 e. The quantitative estimate of drug-likeness (QED) is 0.408. The number of rotatable bonds is 0. The summed E-state index contributed by atoms with van der Waals surface area (Å²) in [5.41, 5.74) is 0. The summed E-state index contributed by atoms with van der Waals surface area (Å²) in [4.78, 5) is 0. The van der Waals surface area contributed by atoms with Crippen LogP contribution in [0.1, 0.15) is 0 Å². The fraction of sp³-hybridized carbons (Fsp3) is 0. The Kier molecular flexibility index (Phi) is 5.03. The molecule has 0 aliphatic rings. The molecule has 0 aromatic rings. The summed E-state index contributed by atoms with van der Waals surface area (Å²) in [6.45, 7) is 0. The Morgan fingerprint density at radius 2 is 0.333 bits per heavy atom. The van der Waals surface area contributed by atoms with E-state index in [2.05, 4.69) is 0 Å². The van der Waals surface area contributed by atoms with Crippen LogP contribution < -0.4 is 0 Å². The first-order valence-corrected chi connectivity index (χ1v) is 13.4. The number of hydrogen-bond donors (Lipinski definition) is 0. The van der Waals surface area contributed by atoms with E-state index in [-0.39, 0.29) is 26.2 Å². The van der Waals surface area contributed by atoms with Gasteiger partial charge in [0.1, 0.15) is 0 Å². The molecule has 0 fully saturated rings. The first kappa shape index (κ1) is 22.0. The molecule has 0 radical (unpaired) electrons. The first-order chi connectivity index (χ1) is 4.90. The Hall–Kier alpha value is 1.81. The molecule has 0 N–H and O–H groups in total. The maximum absolute atomic E-state index is 11.3. The molecular formula is F12Zr3. The molecule has 0 aliphatic heterocycles. The largest absolute Gasteiger partial charge is 4.00 e. The van der Waals surface area contributed by atoms with Crippen molar-refractivity contribution >= 4 is 0 Å². The molecule has 0 aromatic carbocycles. The van der Waals surface area contributed by atoms with E-state index in [9.17, 15) is 31.5 Å². The van der Waals surface area contributed by atoms with Gasteiger partial charge in [-0.05, 0) is 0 Å². The number of halogens is 12. The Morgan fingerprint density at radius 1 is 0.333 bits per heavy atom. The van der Waals surface area contributed by atoms with Crippen LogP contribution in [0.5, 0.6) is 0 Å². The second-order valence-electron chi connectivity index (χ2n) is 2.14. The van der Waals surface area contributed by atoms with Gasteiger partial charge in [0, 0.05) is 0 Å². The zero-order valence-electron chi connectivity index (χ0n) is 6.04. The zero-order chi connectivity index (χ0) is 12.8. The van der Waals surface area contributed by atoms with Crippen molar-refractivity contribution in [2.45, 2.75) is 0 Å². The van der Waals surface area contributed by atoms with Crippen LogP contribution in [-0.2, 0) is 68.1 Å². The van der Waals surface area contributed by atoms with Crippen LogP contribution in [0.2, 0.25) is 0 Å². The fourth-order valence-electron chi connectivity index (χ4n) is 0. The van der Waals surface area contributed by atoms with Gasteiger partial charge in [-0.1, -0.05) is 0 Å². The monoisotopic (exact) mass is 498 g/mol. The van der Waals surface area contributed by atoms with E-state index in [1.165, 1.54) is 0 Å². The van der Waals surface area contributed by atoms with Crippen LogP contribution in [0.15, 0.2) is 0 Å². The van der Waals surface area contributed by atoms with Crippen molar-refractivity contribution in [2.75, 3.05) is 0 Å². The summed E-state index contributed by atoms with van der Waals surface area (Å²) >= 11 is -22.6. The van der Waals surface area contributed by atoms with Crippen LogP contribution in [0.3, 0.4) is 0 Å². The third-order valence-corrected chi connectivity index (χ3v) is 0. The average Bonchev–Trinajstić information content (AvgIpc) is 0.938. The summed E-state index contributed by atoms with van der Waals surface area (Å²) in [5.74, 6) is 0. The maximum atomic E-state index is 9.93. The molecule has 15 heteroatoms. The second-order valence-corrected chi connectivity index (χ2v) is 12.7. The molecule has 0 unspecified atom stereocenters. The van der Waals surface area contributed by atoms with Crippen molar-refractivity contribution in [3.63, 3.8) is 0 Å². The summed E-state index contributed by atoms with van der Waals surface area (Å²) in [6.07, 6.45) is 0. The van der Waals surface area contributed by atoms with Crippen LogP contribution in [0.25, 0.3) is 0 Å². The molecule has 96 valence electrons. The van der Waals surface area contributed by atoms with E-state index >= 15 is 0 Å². The van der Waals surface area contributed by atoms with Gasteiger partial charge in [-0.25, -0.2) is 0 Å². The van der Waals surface area contributed by atoms with E-state index in [1.54, 1.807) is 0 Å². The average molecular weight is 502 g/mol. The topological polar surface area (TPSA) is 0 Å². The smallest absolute Gasteiger partial charge is 4.00 e. The molecule has 0 spiro atoms. The van der Waals surface area contributed by atoms with Crippen molar-refractivity contribution in [3.8, 4) is 0 Å². The predicted octanol–water partition coefficient (Wildman–Crippen LogP) is 5.03. The van der Waals surface area contributed by atoms with Crippen LogP contribution >= 0.6 is 0 Å². The Bertz CT molecular complexity index is 158. The molecule has 0 heterocycles. The molecule has 0 atom stereocenters. The van der Waals surface area contributed by atoms with Crippen molar-refractivity contribution in [1.82, 2.24) is 0 Å². The Labute approximate surface area is 98.4 Å². The standard InChI is InChI=1S/12FH.3Zr/h12*1H;;;/q;;;;;;;;;;;;3*+4/p-12. The molecule has 0 aromatic heterocycles. The van der Waals surface area contributed by atoms with Crippen LogP contribution in [-0.4, -0.2) is 0 Å². The van der Waals surface area contributed by atoms with Crippen molar-refractivity contribution in [3.05, 3.63) is 0 Å². The zero-order valence-corrected chi connectivity index (χ0v) is 13.4. The summed E-state index contributed by atoms with van der Waals surface area (Å²) in [5, 5.41) is 0. The summed E-state index contributed by atoms with van der Waals surface area (Å²) in [7, 11) is 0. The predicted molar refractivity (Wildman–Crippen MR) is 13.3 cm³/mol. The van der Waals surface area contributed by atoms with Gasteiger partial charge in [0.05, 0.1) is 0 Å². The van der Waals surface area contributed by atoms with Gasteiger partial charge >= 0.3 is 99.6 Å².